The van der Waals surface area contributed by atoms with E-state index in [0.717, 1.165) is 36.9 Å². The molecule has 29 heavy (non-hydrogen) atoms. The minimum atomic E-state index is -0.177. The van der Waals surface area contributed by atoms with Crippen LogP contribution >= 0.6 is 11.6 Å². The van der Waals surface area contributed by atoms with Crippen molar-refractivity contribution in [3.8, 4) is 17.1 Å². The molecule has 1 aliphatic heterocycles. The number of carbonyl (C=O) groups excluding carboxylic acids is 1. The van der Waals surface area contributed by atoms with Crippen LogP contribution in [-0.4, -0.2) is 39.4 Å². The number of likely N-dealkylation sites (tertiary alicyclic amines) is 1. The molecule has 4 rings (SSSR count). The van der Waals surface area contributed by atoms with Crippen molar-refractivity contribution >= 4 is 17.5 Å². The molecule has 1 atom stereocenters. The number of hydrogen-bond acceptors (Lipinski definition) is 5. The van der Waals surface area contributed by atoms with Crippen molar-refractivity contribution in [2.24, 2.45) is 7.05 Å². The first-order chi connectivity index (χ1) is 14.1. The fourth-order valence-corrected chi connectivity index (χ4v) is 4.14. The number of methoxy groups -OCH3 is 1. The van der Waals surface area contributed by atoms with E-state index in [2.05, 4.69) is 10.3 Å². The molecule has 1 aromatic carbocycles. The molecule has 0 spiro atoms. The predicted octanol–water partition coefficient (Wildman–Crippen LogP) is 4.49. The molecule has 7 nitrogen and oxygen atoms in total. The third-order valence-corrected chi connectivity index (χ3v) is 5.53. The molecule has 0 aliphatic carbocycles. The van der Waals surface area contributed by atoms with Crippen molar-refractivity contribution in [1.82, 2.24) is 19.8 Å². The summed E-state index contributed by atoms with van der Waals surface area (Å²) in [4.78, 5) is 15.2. The van der Waals surface area contributed by atoms with Gasteiger partial charge in [0.2, 0.25) is 0 Å². The molecule has 1 saturated heterocycles. The fourth-order valence-electron chi connectivity index (χ4n) is 3.84. The van der Waals surface area contributed by atoms with E-state index in [0.29, 0.717) is 23.1 Å². The van der Waals surface area contributed by atoms with Crippen LogP contribution in [0.15, 0.2) is 41.1 Å². The van der Waals surface area contributed by atoms with Gasteiger partial charge in [-0.15, -0.1) is 0 Å². The normalized spacial score (nSPS) is 17.2. The smallest absolute Gasteiger partial charge is 0.276 e. The molecule has 1 amide bonds. The molecule has 1 aliphatic rings. The van der Waals surface area contributed by atoms with Gasteiger partial charge in [0.05, 0.1) is 23.7 Å². The van der Waals surface area contributed by atoms with E-state index >= 15 is 0 Å². The Kier molecular flexibility index (Phi) is 5.58. The van der Waals surface area contributed by atoms with Crippen molar-refractivity contribution in [1.29, 1.82) is 0 Å². The van der Waals surface area contributed by atoms with E-state index in [9.17, 15) is 4.79 Å². The topological polar surface area (TPSA) is 73.4 Å². The van der Waals surface area contributed by atoms with Gasteiger partial charge in [0.1, 0.15) is 11.4 Å². The maximum Gasteiger partial charge on any atom is 0.276 e. The lowest BCUT2D eigenvalue weighted by Gasteiger charge is -2.28. The fraction of sp³-hybridized carbons (Fsp3) is 0.381. The number of rotatable bonds is 4. The quantitative estimate of drug-likeness (QED) is 0.628. The maximum atomic E-state index is 13.3. The highest BCUT2D eigenvalue weighted by atomic mass is 35.5. The minimum absolute atomic E-state index is 0.176. The highest BCUT2D eigenvalue weighted by Crippen LogP contribution is 2.35. The molecule has 0 radical (unpaired) electrons. The first-order valence-corrected chi connectivity index (χ1v) is 10.1. The van der Waals surface area contributed by atoms with Crippen LogP contribution in [0, 0.1) is 0 Å². The molecule has 0 saturated carbocycles. The summed E-state index contributed by atoms with van der Waals surface area (Å²) in [7, 11) is 3.43. The Morgan fingerprint density at radius 2 is 2.10 bits per heavy atom. The van der Waals surface area contributed by atoms with Crippen LogP contribution in [0.3, 0.4) is 0 Å². The molecule has 0 bridgehead atoms. The van der Waals surface area contributed by atoms with Gasteiger partial charge in [0.15, 0.2) is 11.5 Å². The highest BCUT2D eigenvalue weighted by Gasteiger charge is 2.32. The summed E-state index contributed by atoms with van der Waals surface area (Å²) in [6.45, 7) is 0.632. The first kappa shape index (κ1) is 19.5. The van der Waals surface area contributed by atoms with Crippen LogP contribution in [0.1, 0.15) is 47.9 Å². The largest absolute Gasteiger partial charge is 0.496 e. The molecule has 1 fully saturated rings. The Labute approximate surface area is 174 Å². The summed E-state index contributed by atoms with van der Waals surface area (Å²) in [5.74, 6) is 0.979. The van der Waals surface area contributed by atoms with Crippen LogP contribution < -0.4 is 4.74 Å². The number of ether oxygens (including phenoxy) is 1. The second-order valence-electron chi connectivity index (χ2n) is 7.18. The van der Waals surface area contributed by atoms with Crippen molar-refractivity contribution in [2.45, 2.75) is 31.7 Å². The third-order valence-electron chi connectivity index (χ3n) is 5.24. The van der Waals surface area contributed by atoms with Gasteiger partial charge in [-0.2, -0.15) is 5.10 Å². The van der Waals surface area contributed by atoms with Crippen molar-refractivity contribution in [2.75, 3.05) is 13.7 Å². The SMILES string of the molecule is COc1ccccc1-c1cc(C(=O)N2CCCCC[C@H]2c2nn(C)cc2Cl)no1. The van der Waals surface area contributed by atoms with Gasteiger partial charge in [-0.25, -0.2) is 0 Å². The zero-order valence-corrected chi connectivity index (χ0v) is 17.2. The summed E-state index contributed by atoms with van der Waals surface area (Å²) in [6, 6.07) is 8.97. The molecule has 0 N–H and O–H groups in total. The summed E-state index contributed by atoms with van der Waals surface area (Å²) in [5, 5.41) is 9.13. The van der Waals surface area contributed by atoms with Gasteiger partial charge < -0.3 is 14.2 Å². The number of aromatic nitrogens is 3. The zero-order chi connectivity index (χ0) is 20.4. The number of nitrogens with zero attached hydrogens (tertiary/aromatic N) is 4. The first-order valence-electron chi connectivity index (χ1n) is 9.68. The molecule has 3 heterocycles. The van der Waals surface area contributed by atoms with E-state index in [-0.39, 0.29) is 17.6 Å². The Bertz CT molecular complexity index is 1010. The maximum absolute atomic E-state index is 13.3. The number of hydrogen-bond donors (Lipinski definition) is 0. The number of halogens is 1. The number of benzene rings is 1. The van der Waals surface area contributed by atoms with Gasteiger partial charge in [-0.05, 0) is 25.0 Å². The molecule has 2 aromatic heterocycles. The van der Waals surface area contributed by atoms with Crippen LogP contribution in [0.5, 0.6) is 5.75 Å². The molecule has 152 valence electrons. The number of carbonyl (C=O) groups is 1. The van der Waals surface area contributed by atoms with E-state index in [1.54, 1.807) is 24.1 Å². The summed E-state index contributed by atoms with van der Waals surface area (Å²) < 4.78 is 12.5. The number of amides is 1. The Morgan fingerprint density at radius 3 is 2.86 bits per heavy atom. The minimum Gasteiger partial charge on any atom is -0.496 e. The summed E-state index contributed by atoms with van der Waals surface area (Å²) in [6.07, 6.45) is 5.60. The second-order valence-corrected chi connectivity index (χ2v) is 7.58. The lowest BCUT2D eigenvalue weighted by molar-refractivity contribution is 0.0666. The number of aryl methyl sites for hydroxylation is 1. The highest BCUT2D eigenvalue weighted by molar-refractivity contribution is 6.31. The molecular weight excluding hydrogens is 392 g/mol. The van der Waals surface area contributed by atoms with Gasteiger partial charge >= 0.3 is 0 Å². The molecular formula is C21H23ClN4O3. The lowest BCUT2D eigenvalue weighted by Crippen LogP contribution is -2.35. The van der Waals surface area contributed by atoms with E-state index in [1.165, 1.54) is 0 Å². The average molecular weight is 415 g/mol. The molecule has 0 unspecified atom stereocenters. The molecule has 3 aromatic rings. The Morgan fingerprint density at radius 1 is 1.28 bits per heavy atom. The summed E-state index contributed by atoms with van der Waals surface area (Å²) >= 11 is 6.40. The van der Waals surface area contributed by atoms with Crippen molar-refractivity contribution < 1.29 is 14.1 Å². The van der Waals surface area contributed by atoms with Crippen LogP contribution in [-0.2, 0) is 7.05 Å². The monoisotopic (exact) mass is 414 g/mol. The van der Waals surface area contributed by atoms with Gasteiger partial charge in [0, 0.05) is 25.9 Å². The molecule has 8 heteroatoms. The van der Waals surface area contributed by atoms with Gasteiger partial charge in [-0.1, -0.05) is 41.7 Å². The van der Waals surface area contributed by atoms with E-state index < -0.39 is 0 Å². The average Bonchev–Trinajstić information content (AvgIpc) is 3.26. The van der Waals surface area contributed by atoms with Crippen LogP contribution in [0.25, 0.3) is 11.3 Å². The Hall–Kier alpha value is -2.80. The number of para-hydroxylation sites is 1. The van der Waals surface area contributed by atoms with Crippen molar-refractivity contribution in [3.63, 3.8) is 0 Å². The zero-order valence-electron chi connectivity index (χ0n) is 16.5. The van der Waals surface area contributed by atoms with Gasteiger partial charge in [0.25, 0.3) is 5.91 Å². The standard InChI is InChI=1S/C21H23ClN4O3/c1-25-13-15(22)20(23-25)17-9-4-3-7-11-26(17)21(27)16-12-19(29-24-16)14-8-5-6-10-18(14)28-2/h5-6,8,10,12-13,17H,3-4,7,9,11H2,1-2H3/t17-/m0/s1. The summed E-state index contributed by atoms with van der Waals surface area (Å²) in [5.41, 5.74) is 1.75. The second kappa shape index (κ2) is 8.29. The third kappa shape index (κ3) is 3.87. The lowest BCUT2D eigenvalue weighted by atomic mass is 10.1. The van der Waals surface area contributed by atoms with Crippen molar-refractivity contribution in [3.05, 3.63) is 52.9 Å². The van der Waals surface area contributed by atoms with Crippen LogP contribution in [0.2, 0.25) is 5.02 Å². The van der Waals surface area contributed by atoms with E-state index in [1.807, 2.05) is 36.2 Å². The van der Waals surface area contributed by atoms with Crippen LogP contribution in [0.4, 0.5) is 0 Å². The predicted molar refractivity (Wildman–Crippen MR) is 109 cm³/mol. The van der Waals surface area contributed by atoms with Gasteiger partial charge in [-0.3, -0.25) is 9.48 Å². The Balaban J connectivity index is 1.65. The van der Waals surface area contributed by atoms with E-state index in [4.69, 9.17) is 20.9 Å².